The van der Waals surface area contributed by atoms with Crippen molar-refractivity contribution < 1.29 is 17.6 Å². The first kappa shape index (κ1) is 22.1. The first-order chi connectivity index (χ1) is 11.3. The van der Waals surface area contributed by atoms with E-state index in [1.807, 2.05) is 6.07 Å². The molecule has 2 aliphatic heterocycles. The molecule has 0 aliphatic carbocycles. The Labute approximate surface area is 155 Å². The quantitative estimate of drug-likeness (QED) is 0.712. The number of halogens is 2. The highest BCUT2D eigenvalue weighted by Gasteiger charge is 2.37. The number of nitrogens with one attached hydrogen (secondary N) is 1. The molecule has 0 spiro atoms. The molecule has 144 valence electrons. The molecule has 0 aromatic rings. The fraction of sp³-hybridized carbons (Fsp3) is 0.867. The van der Waals surface area contributed by atoms with Gasteiger partial charge in [-0.3, -0.25) is 4.79 Å². The third-order valence-electron chi connectivity index (χ3n) is 4.62. The molecule has 1 amide bonds. The van der Waals surface area contributed by atoms with Crippen LogP contribution in [0.15, 0.2) is 0 Å². The summed E-state index contributed by atoms with van der Waals surface area (Å²) < 4.78 is 39.5. The minimum atomic E-state index is -3.31. The van der Waals surface area contributed by atoms with Crippen molar-refractivity contribution in [1.29, 1.82) is 5.26 Å². The molecule has 2 fully saturated rings. The summed E-state index contributed by atoms with van der Waals surface area (Å²) in [6, 6.07) is 1.07. The van der Waals surface area contributed by atoms with Gasteiger partial charge in [-0.15, -0.1) is 12.4 Å². The monoisotopic (exact) mass is 396 g/mol. The fourth-order valence-corrected chi connectivity index (χ4v) is 4.77. The van der Waals surface area contributed by atoms with Crippen LogP contribution in [0, 0.1) is 11.3 Å². The molecule has 7 nitrogen and oxygen atoms in total. The second kappa shape index (κ2) is 9.12. The third-order valence-corrected chi connectivity index (χ3v) is 6.95. The molecule has 2 aliphatic rings. The number of carbonyl (C=O) groups is 1. The predicted molar refractivity (Wildman–Crippen MR) is 94.5 cm³/mol. The number of nitriles is 1. The van der Waals surface area contributed by atoms with Crippen LogP contribution in [-0.2, 0) is 14.8 Å². The molecule has 0 aromatic carbocycles. The molecule has 2 saturated heterocycles. The molecule has 0 bridgehead atoms. The van der Waals surface area contributed by atoms with E-state index in [2.05, 4.69) is 5.32 Å². The maximum absolute atomic E-state index is 13.4. The molecule has 25 heavy (non-hydrogen) atoms. The van der Waals surface area contributed by atoms with E-state index in [4.69, 9.17) is 5.26 Å². The number of amides is 1. The van der Waals surface area contributed by atoms with Gasteiger partial charge in [0, 0.05) is 25.6 Å². The zero-order chi connectivity index (χ0) is 17.9. The summed E-state index contributed by atoms with van der Waals surface area (Å²) >= 11 is 0. The number of rotatable bonds is 6. The number of carbonyl (C=O) groups excluding carboxylic acids is 1. The number of alkyl halides is 1. The van der Waals surface area contributed by atoms with E-state index in [0.29, 0.717) is 13.1 Å². The van der Waals surface area contributed by atoms with Crippen molar-refractivity contribution in [2.75, 3.05) is 26.2 Å². The standard InChI is InChI=1S/C15H25FN4O3S.ClH/c1-11(2)24(22,23)20-5-3-4-13(20)8-18-9-15(21)19-10-12(16)6-14(19)7-17;/h11-14,18H,3-6,8-10H2,1-2H3;1H/t12-,13-,14-;/m0./s1. The van der Waals surface area contributed by atoms with Gasteiger partial charge in [0.15, 0.2) is 0 Å². The normalized spacial score (nSPS) is 27.3. The van der Waals surface area contributed by atoms with Crippen LogP contribution in [0.2, 0.25) is 0 Å². The maximum atomic E-state index is 13.4. The van der Waals surface area contributed by atoms with Crippen LogP contribution in [0.4, 0.5) is 4.39 Å². The Balaban J connectivity index is 0.00000312. The third kappa shape index (κ3) is 5.03. The van der Waals surface area contributed by atoms with Crippen LogP contribution in [-0.4, -0.2) is 73.2 Å². The van der Waals surface area contributed by atoms with E-state index in [9.17, 15) is 17.6 Å². The largest absolute Gasteiger partial charge is 0.323 e. The van der Waals surface area contributed by atoms with E-state index in [1.54, 1.807) is 13.8 Å². The van der Waals surface area contributed by atoms with Crippen LogP contribution < -0.4 is 5.32 Å². The molecule has 10 heteroatoms. The highest BCUT2D eigenvalue weighted by atomic mass is 35.5. The second-order valence-corrected chi connectivity index (χ2v) is 9.10. The lowest BCUT2D eigenvalue weighted by Gasteiger charge is -2.26. The summed E-state index contributed by atoms with van der Waals surface area (Å²) in [5.41, 5.74) is 0. The van der Waals surface area contributed by atoms with Gasteiger partial charge in [0.1, 0.15) is 12.2 Å². The van der Waals surface area contributed by atoms with Crippen LogP contribution >= 0.6 is 12.4 Å². The average molecular weight is 397 g/mol. The molecule has 0 saturated carbocycles. The first-order valence-corrected chi connectivity index (χ1v) is 9.82. The molecule has 3 atom stereocenters. The summed E-state index contributed by atoms with van der Waals surface area (Å²) in [5.74, 6) is -0.321. The van der Waals surface area contributed by atoms with Gasteiger partial charge in [0.25, 0.3) is 0 Å². The molecule has 2 rings (SSSR count). The Hall–Kier alpha value is -0.950. The van der Waals surface area contributed by atoms with Crippen molar-refractivity contribution in [3.8, 4) is 6.07 Å². The molecular weight excluding hydrogens is 371 g/mol. The predicted octanol–water partition coefficient (Wildman–Crippen LogP) is 0.663. The second-order valence-electron chi connectivity index (χ2n) is 6.66. The number of hydrogen-bond acceptors (Lipinski definition) is 5. The van der Waals surface area contributed by atoms with Crippen molar-refractivity contribution in [1.82, 2.24) is 14.5 Å². The summed E-state index contributed by atoms with van der Waals surface area (Å²) in [5, 5.41) is 11.5. The van der Waals surface area contributed by atoms with Gasteiger partial charge >= 0.3 is 0 Å². The molecular formula is C15H26ClFN4O3S. The van der Waals surface area contributed by atoms with Gasteiger partial charge < -0.3 is 10.2 Å². The minimum absolute atomic E-state index is 0. The Morgan fingerprint density at radius 1 is 1.44 bits per heavy atom. The van der Waals surface area contributed by atoms with Gasteiger partial charge in [0.05, 0.1) is 24.4 Å². The van der Waals surface area contributed by atoms with Crippen molar-refractivity contribution in [3.63, 3.8) is 0 Å². The highest BCUT2D eigenvalue weighted by Crippen LogP contribution is 2.23. The number of hydrogen-bond donors (Lipinski definition) is 1. The van der Waals surface area contributed by atoms with Crippen molar-refractivity contribution in [3.05, 3.63) is 0 Å². The van der Waals surface area contributed by atoms with Gasteiger partial charge in [-0.2, -0.15) is 9.57 Å². The average Bonchev–Trinajstić information content (AvgIpc) is 3.13. The zero-order valence-corrected chi connectivity index (χ0v) is 16.2. The highest BCUT2D eigenvalue weighted by molar-refractivity contribution is 7.89. The summed E-state index contributed by atoms with van der Waals surface area (Å²) in [4.78, 5) is 13.4. The van der Waals surface area contributed by atoms with Crippen LogP contribution in [0.25, 0.3) is 0 Å². The lowest BCUT2D eigenvalue weighted by atomic mass is 10.2. The molecule has 0 unspecified atom stereocenters. The van der Waals surface area contributed by atoms with E-state index in [-0.39, 0.29) is 43.9 Å². The Morgan fingerprint density at radius 3 is 2.72 bits per heavy atom. The molecule has 1 N–H and O–H groups in total. The number of sulfonamides is 1. The topological polar surface area (TPSA) is 93.5 Å². The van der Waals surface area contributed by atoms with Gasteiger partial charge in [-0.05, 0) is 26.7 Å². The Bertz CT molecular complexity index is 610. The van der Waals surface area contributed by atoms with Gasteiger partial charge in [-0.25, -0.2) is 12.8 Å². The van der Waals surface area contributed by atoms with E-state index >= 15 is 0 Å². The lowest BCUT2D eigenvalue weighted by molar-refractivity contribution is -0.130. The zero-order valence-electron chi connectivity index (χ0n) is 14.5. The smallest absolute Gasteiger partial charge is 0.237 e. The van der Waals surface area contributed by atoms with Crippen molar-refractivity contribution >= 4 is 28.3 Å². The van der Waals surface area contributed by atoms with Gasteiger partial charge in [0.2, 0.25) is 15.9 Å². The van der Waals surface area contributed by atoms with Crippen LogP contribution in [0.5, 0.6) is 0 Å². The minimum Gasteiger partial charge on any atom is -0.323 e. The van der Waals surface area contributed by atoms with Crippen LogP contribution in [0.3, 0.4) is 0 Å². The van der Waals surface area contributed by atoms with Gasteiger partial charge in [-0.1, -0.05) is 0 Å². The molecule has 2 heterocycles. The van der Waals surface area contributed by atoms with Crippen LogP contribution in [0.1, 0.15) is 33.1 Å². The lowest BCUT2D eigenvalue weighted by Crippen LogP contribution is -2.47. The first-order valence-electron chi connectivity index (χ1n) is 8.32. The summed E-state index contributed by atoms with van der Waals surface area (Å²) in [6.07, 6.45) is 0.466. The van der Waals surface area contributed by atoms with Crippen molar-refractivity contribution in [2.24, 2.45) is 0 Å². The summed E-state index contributed by atoms with van der Waals surface area (Å²) in [7, 11) is -3.31. The molecule has 0 aromatic heterocycles. The maximum Gasteiger partial charge on any atom is 0.237 e. The SMILES string of the molecule is CC(C)S(=O)(=O)N1CCC[C@H]1CNCC(=O)N1C[C@@H](F)C[C@H]1C#N.Cl. The number of nitrogens with zero attached hydrogens (tertiary/aromatic N) is 3. The molecule has 0 radical (unpaired) electrons. The number of likely N-dealkylation sites (tertiary alicyclic amines) is 1. The van der Waals surface area contributed by atoms with Crippen molar-refractivity contribution in [2.45, 2.75) is 56.6 Å². The fourth-order valence-electron chi connectivity index (χ4n) is 3.25. The van der Waals surface area contributed by atoms with E-state index in [0.717, 1.165) is 12.8 Å². The Kier molecular flexibility index (Phi) is 8.06. The Morgan fingerprint density at radius 2 is 2.12 bits per heavy atom. The van der Waals surface area contributed by atoms with E-state index in [1.165, 1.54) is 9.21 Å². The summed E-state index contributed by atoms with van der Waals surface area (Å²) in [6.45, 7) is 4.14. The van der Waals surface area contributed by atoms with E-state index < -0.39 is 27.5 Å².